The molecule has 0 radical (unpaired) electrons. The van der Waals surface area contributed by atoms with Gasteiger partial charge in [-0.25, -0.2) is 0 Å². The number of carbonyl (C=O) groups excluding carboxylic acids is 1. The van der Waals surface area contributed by atoms with Gasteiger partial charge in [0.05, 0.1) is 24.3 Å². The number of azo groups is 1. The maximum Gasteiger partial charge on any atom is 0.311 e. The monoisotopic (exact) mass is 280 g/mol. The topological polar surface area (TPSA) is 51.0 Å². The molecule has 1 unspecified atom stereocenters. The van der Waals surface area contributed by atoms with E-state index in [-0.39, 0.29) is 11.4 Å². The summed E-state index contributed by atoms with van der Waals surface area (Å²) >= 11 is 0. The van der Waals surface area contributed by atoms with Crippen LogP contribution < -0.4 is 0 Å². The highest BCUT2D eigenvalue weighted by Crippen LogP contribution is 2.41. The second kappa shape index (κ2) is 6.51. The molecule has 20 heavy (non-hydrogen) atoms. The van der Waals surface area contributed by atoms with Crippen LogP contribution in [0.25, 0.3) is 0 Å². The van der Waals surface area contributed by atoms with Crippen LogP contribution in [0.4, 0.5) is 0 Å². The first kappa shape index (κ1) is 16.9. The van der Waals surface area contributed by atoms with Crippen LogP contribution in [-0.2, 0) is 9.53 Å². The van der Waals surface area contributed by atoms with E-state index in [1.807, 2.05) is 13.8 Å². The van der Waals surface area contributed by atoms with Crippen molar-refractivity contribution in [3.05, 3.63) is 11.8 Å². The zero-order chi connectivity index (χ0) is 15.4. The average molecular weight is 280 g/mol. The normalized spacial score (nSPS) is 19.7. The van der Waals surface area contributed by atoms with Gasteiger partial charge in [-0.1, -0.05) is 33.3 Å². The summed E-state index contributed by atoms with van der Waals surface area (Å²) in [4.78, 5) is 11.8. The number of allylic oxidation sites excluding steroid dienone is 1. The second-order valence-electron chi connectivity index (χ2n) is 6.92. The average Bonchev–Trinajstić information content (AvgIpc) is 2.37. The molecule has 0 bridgehead atoms. The van der Waals surface area contributed by atoms with Crippen LogP contribution in [0.1, 0.15) is 60.3 Å². The van der Waals surface area contributed by atoms with E-state index in [0.29, 0.717) is 12.5 Å². The fourth-order valence-electron chi connectivity index (χ4n) is 2.94. The molecule has 0 fully saturated rings. The number of hydrogen-bond acceptors (Lipinski definition) is 4. The first-order valence-corrected chi connectivity index (χ1v) is 7.43. The first-order chi connectivity index (χ1) is 9.23. The van der Waals surface area contributed by atoms with Crippen LogP contribution in [0.5, 0.6) is 0 Å². The standard InChI is InChI=1S/C16H28N2O2/c1-7-8-12-9-10-13(18-17-12)15(2,3)11-16(4,5)14(19)20-6/h10,12H,7-9,11H2,1-6H3. The fourth-order valence-corrected chi connectivity index (χ4v) is 2.94. The molecule has 0 saturated heterocycles. The molecule has 1 aliphatic rings. The van der Waals surface area contributed by atoms with Gasteiger partial charge in [-0.3, -0.25) is 4.79 Å². The zero-order valence-corrected chi connectivity index (χ0v) is 13.7. The Labute approximate surface area is 122 Å². The predicted molar refractivity (Wildman–Crippen MR) is 80.4 cm³/mol. The summed E-state index contributed by atoms with van der Waals surface area (Å²) in [7, 11) is 1.44. The van der Waals surface area contributed by atoms with E-state index in [0.717, 1.165) is 25.0 Å². The Morgan fingerprint density at radius 3 is 2.50 bits per heavy atom. The Morgan fingerprint density at radius 2 is 2.05 bits per heavy atom. The number of rotatable bonds is 6. The summed E-state index contributed by atoms with van der Waals surface area (Å²) in [6.07, 6.45) is 6.04. The molecule has 0 spiro atoms. The van der Waals surface area contributed by atoms with Crippen LogP contribution in [0.15, 0.2) is 22.0 Å². The van der Waals surface area contributed by atoms with Crippen molar-refractivity contribution in [1.82, 2.24) is 0 Å². The molecule has 4 heteroatoms. The third-order valence-electron chi connectivity index (χ3n) is 3.85. The molecule has 0 aromatic rings. The lowest BCUT2D eigenvalue weighted by Crippen LogP contribution is -2.32. The second-order valence-corrected chi connectivity index (χ2v) is 6.92. The summed E-state index contributed by atoms with van der Waals surface area (Å²) < 4.78 is 4.88. The number of hydrogen-bond donors (Lipinski definition) is 0. The minimum absolute atomic E-state index is 0.178. The molecule has 1 atom stereocenters. The SMILES string of the molecule is CCCC1CC=C(C(C)(C)CC(C)(C)C(=O)OC)N=N1. The van der Waals surface area contributed by atoms with Crippen LogP contribution in [0.2, 0.25) is 0 Å². The minimum Gasteiger partial charge on any atom is -0.469 e. The Hall–Kier alpha value is -1.19. The quantitative estimate of drug-likeness (QED) is 0.672. The number of esters is 1. The Kier molecular flexibility index (Phi) is 5.49. The van der Waals surface area contributed by atoms with Gasteiger partial charge in [0.25, 0.3) is 0 Å². The third kappa shape index (κ3) is 4.15. The van der Waals surface area contributed by atoms with Crippen molar-refractivity contribution >= 4 is 5.97 Å². The maximum absolute atomic E-state index is 11.8. The molecular weight excluding hydrogens is 252 g/mol. The molecular formula is C16H28N2O2. The van der Waals surface area contributed by atoms with Gasteiger partial charge in [-0.05, 0) is 33.1 Å². The van der Waals surface area contributed by atoms with Gasteiger partial charge in [-0.2, -0.15) is 10.2 Å². The largest absolute Gasteiger partial charge is 0.469 e. The van der Waals surface area contributed by atoms with Gasteiger partial charge in [0.15, 0.2) is 0 Å². The molecule has 0 amide bonds. The van der Waals surface area contributed by atoms with Crippen molar-refractivity contribution in [2.45, 2.75) is 66.3 Å². The predicted octanol–water partition coefficient (Wildman–Crippen LogP) is 4.51. The Morgan fingerprint density at radius 1 is 1.40 bits per heavy atom. The van der Waals surface area contributed by atoms with Crippen LogP contribution >= 0.6 is 0 Å². The summed E-state index contributed by atoms with van der Waals surface area (Å²) in [5.41, 5.74) is 0.287. The van der Waals surface area contributed by atoms with E-state index >= 15 is 0 Å². The fraction of sp³-hybridized carbons (Fsp3) is 0.812. The zero-order valence-electron chi connectivity index (χ0n) is 13.7. The summed E-state index contributed by atoms with van der Waals surface area (Å²) in [6, 6.07) is 0.327. The number of ether oxygens (including phenoxy) is 1. The van der Waals surface area contributed by atoms with Crippen LogP contribution in [0.3, 0.4) is 0 Å². The van der Waals surface area contributed by atoms with Crippen molar-refractivity contribution < 1.29 is 9.53 Å². The van der Waals surface area contributed by atoms with E-state index in [2.05, 4.69) is 37.1 Å². The van der Waals surface area contributed by atoms with Gasteiger partial charge < -0.3 is 4.74 Å². The van der Waals surface area contributed by atoms with Crippen molar-refractivity contribution in [3.8, 4) is 0 Å². The van der Waals surface area contributed by atoms with Crippen molar-refractivity contribution in [2.24, 2.45) is 21.1 Å². The molecule has 0 aromatic carbocycles. The van der Waals surface area contributed by atoms with Crippen molar-refractivity contribution in [2.75, 3.05) is 7.11 Å². The molecule has 0 N–H and O–H groups in total. The highest BCUT2D eigenvalue weighted by molar-refractivity contribution is 5.75. The first-order valence-electron chi connectivity index (χ1n) is 7.43. The lowest BCUT2D eigenvalue weighted by atomic mass is 9.73. The molecule has 1 rings (SSSR count). The summed E-state index contributed by atoms with van der Waals surface area (Å²) in [6.45, 7) is 10.2. The Bertz CT molecular complexity index is 409. The highest BCUT2D eigenvalue weighted by atomic mass is 16.5. The summed E-state index contributed by atoms with van der Waals surface area (Å²) in [5.74, 6) is -0.178. The molecule has 1 heterocycles. The number of methoxy groups -OCH3 is 1. The maximum atomic E-state index is 11.8. The molecule has 1 aliphatic heterocycles. The lowest BCUT2D eigenvalue weighted by molar-refractivity contribution is -0.152. The minimum atomic E-state index is -0.519. The number of carbonyl (C=O) groups is 1. The molecule has 4 nitrogen and oxygen atoms in total. The number of nitrogens with zero attached hydrogens (tertiary/aromatic N) is 2. The van der Waals surface area contributed by atoms with Gasteiger partial charge in [0.1, 0.15) is 0 Å². The third-order valence-corrected chi connectivity index (χ3v) is 3.85. The van der Waals surface area contributed by atoms with Gasteiger partial charge >= 0.3 is 5.97 Å². The van der Waals surface area contributed by atoms with E-state index in [9.17, 15) is 4.79 Å². The van der Waals surface area contributed by atoms with E-state index in [1.54, 1.807) is 0 Å². The van der Waals surface area contributed by atoms with E-state index < -0.39 is 5.41 Å². The van der Waals surface area contributed by atoms with E-state index in [1.165, 1.54) is 7.11 Å². The molecule has 0 aromatic heterocycles. The Balaban J connectivity index is 2.76. The van der Waals surface area contributed by atoms with Crippen molar-refractivity contribution in [3.63, 3.8) is 0 Å². The van der Waals surface area contributed by atoms with Gasteiger partial charge in [0, 0.05) is 5.41 Å². The van der Waals surface area contributed by atoms with Crippen molar-refractivity contribution in [1.29, 1.82) is 0 Å². The summed E-state index contributed by atoms with van der Waals surface area (Å²) in [5, 5.41) is 8.81. The smallest absolute Gasteiger partial charge is 0.311 e. The molecule has 0 saturated carbocycles. The van der Waals surface area contributed by atoms with Crippen LogP contribution in [0, 0.1) is 10.8 Å². The highest BCUT2D eigenvalue weighted by Gasteiger charge is 2.38. The van der Waals surface area contributed by atoms with Gasteiger partial charge in [0.2, 0.25) is 0 Å². The molecule has 114 valence electrons. The van der Waals surface area contributed by atoms with Crippen LogP contribution in [-0.4, -0.2) is 19.1 Å². The van der Waals surface area contributed by atoms with Gasteiger partial charge in [-0.15, -0.1) is 0 Å². The molecule has 0 aliphatic carbocycles. The lowest BCUT2D eigenvalue weighted by Gasteiger charge is -2.34. The van der Waals surface area contributed by atoms with E-state index in [4.69, 9.17) is 4.74 Å².